The number of ether oxygens (including phenoxy) is 1. The van der Waals surface area contributed by atoms with E-state index in [1.165, 1.54) is 6.92 Å². The van der Waals surface area contributed by atoms with E-state index in [1.807, 2.05) is 0 Å². The number of hydrogen-bond acceptors (Lipinski definition) is 4. The summed E-state index contributed by atoms with van der Waals surface area (Å²) < 4.78 is 4.67. The Morgan fingerprint density at radius 1 is 1.50 bits per heavy atom. The van der Waals surface area contributed by atoms with E-state index in [0.29, 0.717) is 6.10 Å². The third kappa shape index (κ3) is 1.52. The van der Waals surface area contributed by atoms with Crippen LogP contribution in [0.4, 0.5) is 0 Å². The second-order valence-electron chi connectivity index (χ2n) is 2.81. The molecule has 1 fully saturated rings. The summed E-state index contributed by atoms with van der Waals surface area (Å²) in [6, 6.07) is 0. The zero-order chi connectivity index (χ0) is 9.30. The van der Waals surface area contributed by atoms with E-state index >= 15 is 0 Å². The standard InChI is InChI=1S/C8H9O4/c1-4-3-6(10)7(5(2)9)8(11)12-4/h7H,3H2,1-2H3. The quantitative estimate of drug-likeness (QED) is 0.417. The van der Waals surface area contributed by atoms with Crippen LogP contribution in [0.25, 0.3) is 0 Å². The largest absolute Gasteiger partial charge is 0.454 e. The van der Waals surface area contributed by atoms with Crippen molar-refractivity contribution >= 4 is 17.5 Å². The maximum atomic E-state index is 11.1. The van der Waals surface area contributed by atoms with Crippen molar-refractivity contribution in [3.8, 4) is 0 Å². The lowest BCUT2D eigenvalue weighted by molar-refractivity contribution is -0.158. The molecule has 1 aliphatic rings. The van der Waals surface area contributed by atoms with Gasteiger partial charge < -0.3 is 4.74 Å². The summed E-state index contributed by atoms with van der Waals surface area (Å²) >= 11 is 0. The number of Topliss-reactive ketones (excluding diaryl/α,β-unsaturated/α-hetero) is 2. The van der Waals surface area contributed by atoms with Gasteiger partial charge in [0.2, 0.25) is 0 Å². The van der Waals surface area contributed by atoms with Crippen LogP contribution in [0.3, 0.4) is 0 Å². The monoisotopic (exact) mass is 169 g/mol. The van der Waals surface area contributed by atoms with Crippen molar-refractivity contribution in [2.45, 2.75) is 20.3 Å². The van der Waals surface area contributed by atoms with Gasteiger partial charge in [-0.1, -0.05) is 0 Å². The highest BCUT2D eigenvalue weighted by atomic mass is 16.5. The molecule has 0 bridgehead atoms. The van der Waals surface area contributed by atoms with Gasteiger partial charge >= 0.3 is 5.97 Å². The van der Waals surface area contributed by atoms with Gasteiger partial charge in [-0.25, -0.2) is 0 Å². The van der Waals surface area contributed by atoms with E-state index in [4.69, 9.17) is 0 Å². The van der Waals surface area contributed by atoms with E-state index in [0.717, 1.165) is 0 Å². The smallest absolute Gasteiger partial charge is 0.324 e. The lowest BCUT2D eigenvalue weighted by Gasteiger charge is -2.21. The molecule has 1 radical (unpaired) electrons. The third-order valence-corrected chi connectivity index (χ3v) is 1.66. The molecule has 1 unspecified atom stereocenters. The van der Waals surface area contributed by atoms with Crippen molar-refractivity contribution < 1.29 is 19.1 Å². The maximum absolute atomic E-state index is 11.1. The van der Waals surface area contributed by atoms with E-state index < -0.39 is 17.7 Å². The predicted molar refractivity (Wildman–Crippen MR) is 38.8 cm³/mol. The van der Waals surface area contributed by atoms with E-state index in [9.17, 15) is 14.4 Å². The van der Waals surface area contributed by atoms with Crippen LogP contribution in [0.2, 0.25) is 0 Å². The third-order valence-electron chi connectivity index (χ3n) is 1.66. The first-order valence-corrected chi connectivity index (χ1v) is 3.59. The summed E-state index contributed by atoms with van der Waals surface area (Å²) in [6.07, 6.45) is 0.429. The molecular formula is C8H9O4. The van der Waals surface area contributed by atoms with Crippen molar-refractivity contribution in [2.24, 2.45) is 5.92 Å². The lowest BCUT2D eigenvalue weighted by atomic mass is 9.93. The van der Waals surface area contributed by atoms with Gasteiger partial charge in [0, 0.05) is 0 Å². The molecule has 1 saturated heterocycles. The Labute approximate surface area is 69.9 Å². The normalized spacial score (nSPS) is 25.3. The zero-order valence-electron chi connectivity index (χ0n) is 6.92. The summed E-state index contributed by atoms with van der Waals surface area (Å²) in [7, 11) is 0. The molecule has 4 nitrogen and oxygen atoms in total. The minimum absolute atomic E-state index is 0.0655. The molecule has 0 aromatic carbocycles. The number of cyclic esters (lactones) is 1. The van der Waals surface area contributed by atoms with Gasteiger partial charge in [-0.05, 0) is 13.8 Å². The number of carbonyl (C=O) groups is 3. The summed E-state index contributed by atoms with van der Waals surface area (Å²) in [5.41, 5.74) is 0. The first-order valence-electron chi connectivity index (χ1n) is 3.59. The van der Waals surface area contributed by atoms with Gasteiger partial charge in [0.1, 0.15) is 0 Å². The van der Waals surface area contributed by atoms with Crippen molar-refractivity contribution in [1.29, 1.82) is 0 Å². The molecule has 0 aromatic heterocycles. The Morgan fingerprint density at radius 2 is 2.08 bits per heavy atom. The minimum Gasteiger partial charge on any atom is -0.454 e. The molecule has 1 heterocycles. The Kier molecular flexibility index (Phi) is 2.26. The molecule has 0 aliphatic carbocycles. The molecule has 0 aromatic rings. The SMILES string of the molecule is C[C]1CC(=O)C(C(C)=O)C(=O)O1. The molecule has 65 valence electrons. The van der Waals surface area contributed by atoms with Crippen LogP contribution in [-0.4, -0.2) is 17.5 Å². The highest BCUT2D eigenvalue weighted by Crippen LogP contribution is 2.21. The Bertz CT molecular complexity index is 225. The van der Waals surface area contributed by atoms with E-state index in [1.54, 1.807) is 6.92 Å². The van der Waals surface area contributed by atoms with Crippen LogP contribution < -0.4 is 0 Å². The average molecular weight is 169 g/mol. The molecule has 1 atom stereocenters. The van der Waals surface area contributed by atoms with Crippen molar-refractivity contribution in [3.05, 3.63) is 6.10 Å². The van der Waals surface area contributed by atoms with Gasteiger partial charge in [0.25, 0.3) is 0 Å². The summed E-state index contributed by atoms with van der Waals surface area (Å²) in [5.74, 6) is -2.74. The molecule has 1 rings (SSSR count). The van der Waals surface area contributed by atoms with Gasteiger partial charge in [-0.3, -0.25) is 14.4 Å². The number of esters is 1. The number of rotatable bonds is 1. The average Bonchev–Trinajstić information content (AvgIpc) is 1.82. The van der Waals surface area contributed by atoms with Crippen LogP contribution in [0.15, 0.2) is 0 Å². The highest BCUT2D eigenvalue weighted by molar-refractivity contribution is 6.18. The number of hydrogen-bond donors (Lipinski definition) is 0. The van der Waals surface area contributed by atoms with Crippen LogP contribution in [0, 0.1) is 12.0 Å². The van der Waals surface area contributed by atoms with E-state index in [-0.39, 0.29) is 12.2 Å². The molecule has 0 saturated carbocycles. The zero-order valence-corrected chi connectivity index (χ0v) is 6.92. The summed E-state index contributed by atoms with van der Waals surface area (Å²) in [4.78, 5) is 32.9. The Hall–Kier alpha value is -1.19. The van der Waals surface area contributed by atoms with Crippen LogP contribution in [-0.2, 0) is 19.1 Å². The van der Waals surface area contributed by atoms with Crippen LogP contribution >= 0.6 is 0 Å². The topological polar surface area (TPSA) is 60.4 Å². The predicted octanol–water partition coefficient (Wildman–Crippen LogP) is 0.259. The molecule has 0 N–H and O–H groups in total. The molecular weight excluding hydrogens is 160 g/mol. The highest BCUT2D eigenvalue weighted by Gasteiger charge is 2.39. The van der Waals surface area contributed by atoms with Crippen LogP contribution in [0.1, 0.15) is 20.3 Å². The van der Waals surface area contributed by atoms with Crippen molar-refractivity contribution in [3.63, 3.8) is 0 Å². The van der Waals surface area contributed by atoms with Gasteiger partial charge in [-0.2, -0.15) is 0 Å². The number of ketones is 2. The molecule has 0 amide bonds. The van der Waals surface area contributed by atoms with E-state index in [2.05, 4.69) is 4.74 Å². The molecule has 4 heteroatoms. The Balaban J connectivity index is 2.81. The summed E-state index contributed by atoms with van der Waals surface area (Å²) in [6.45, 7) is 2.76. The number of carbonyl (C=O) groups excluding carboxylic acids is 3. The van der Waals surface area contributed by atoms with Crippen molar-refractivity contribution in [1.82, 2.24) is 0 Å². The molecule has 1 aliphatic heterocycles. The first kappa shape index (κ1) is 8.90. The first-order chi connectivity index (χ1) is 5.52. The van der Waals surface area contributed by atoms with Crippen LogP contribution in [0.5, 0.6) is 0 Å². The fraction of sp³-hybridized carbons (Fsp3) is 0.500. The second-order valence-corrected chi connectivity index (χ2v) is 2.81. The molecule has 0 spiro atoms. The lowest BCUT2D eigenvalue weighted by Crippen LogP contribution is -2.37. The van der Waals surface area contributed by atoms with Crippen molar-refractivity contribution in [2.75, 3.05) is 0 Å². The summed E-state index contributed by atoms with van der Waals surface area (Å²) in [5, 5.41) is 0. The van der Waals surface area contributed by atoms with Gasteiger partial charge in [0.15, 0.2) is 23.6 Å². The fourth-order valence-electron chi connectivity index (χ4n) is 1.14. The Morgan fingerprint density at radius 3 is 2.50 bits per heavy atom. The fourth-order valence-corrected chi connectivity index (χ4v) is 1.14. The molecule has 12 heavy (non-hydrogen) atoms. The maximum Gasteiger partial charge on any atom is 0.324 e. The minimum atomic E-state index is -1.19. The second kappa shape index (κ2) is 3.05. The van der Waals surface area contributed by atoms with Gasteiger partial charge in [0.05, 0.1) is 6.42 Å². The van der Waals surface area contributed by atoms with Gasteiger partial charge in [-0.15, -0.1) is 0 Å².